The van der Waals surface area contributed by atoms with Gasteiger partial charge in [0.15, 0.2) is 0 Å². The van der Waals surface area contributed by atoms with E-state index in [2.05, 4.69) is 27.9 Å². The first kappa shape index (κ1) is 12.2. The van der Waals surface area contributed by atoms with Crippen LogP contribution >= 0.6 is 22.6 Å². The molecule has 0 atom stereocenters. The van der Waals surface area contributed by atoms with Gasteiger partial charge in [0, 0.05) is 14.7 Å². The summed E-state index contributed by atoms with van der Waals surface area (Å²) < 4.78 is 1.04. The fourth-order valence-electron chi connectivity index (χ4n) is 2.12. The van der Waals surface area contributed by atoms with E-state index in [-0.39, 0.29) is 11.7 Å². The second-order valence-corrected chi connectivity index (χ2v) is 5.48. The van der Waals surface area contributed by atoms with Crippen molar-refractivity contribution >= 4 is 45.5 Å². The van der Waals surface area contributed by atoms with Crippen LogP contribution in [0.5, 0.6) is 0 Å². The third kappa shape index (κ3) is 2.12. The molecule has 0 saturated carbocycles. The lowest BCUT2D eigenvalue weighted by Crippen LogP contribution is -2.05. The molecule has 2 aromatic rings. The molecule has 2 N–H and O–H groups in total. The van der Waals surface area contributed by atoms with Crippen LogP contribution in [-0.4, -0.2) is 11.0 Å². The second-order valence-electron chi connectivity index (χ2n) is 4.23. The van der Waals surface area contributed by atoms with Crippen LogP contribution < -0.4 is 5.32 Å². The first-order valence-electron chi connectivity index (χ1n) is 5.77. The van der Waals surface area contributed by atoms with E-state index in [1.165, 1.54) is 0 Å². The Hall–Kier alpha value is -1.82. The van der Waals surface area contributed by atoms with E-state index in [0.717, 1.165) is 14.8 Å². The summed E-state index contributed by atoms with van der Waals surface area (Å²) in [7, 11) is 0. The van der Waals surface area contributed by atoms with Crippen molar-refractivity contribution in [3.63, 3.8) is 0 Å². The number of anilines is 1. The van der Waals surface area contributed by atoms with E-state index >= 15 is 0 Å². The van der Waals surface area contributed by atoms with Gasteiger partial charge in [-0.1, -0.05) is 36.4 Å². The van der Waals surface area contributed by atoms with Crippen LogP contribution in [0.2, 0.25) is 0 Å². The molecule has 0 aromatic heterocycles. The van der Waals surface area contributed by atoms with Crippen LogP contribution in [0, 0.1) is 3.57 Å². The minimum atomic E-state index is -0.265. The van der Waals surface area contributed by atoms with Crippen LogP contribution in [0.15, 0.2) is 48.5 Å². The van der Waals surface area contributed by atoms with Gasteiger partial charge in [0.05, 0.1) is 11.3 Å². The van der Waals surface area contributed by atoms with Crippen LogP contribution in [0.3, 0.4) is 0 Å². The Labute approximate surface area is 124 Å². The van der Waals surface area contributed by atoms with Gasteiger partial charge < -0.3 is 10.4 Å². The average Bonchev–Trinajstić information content (AvgIpc) is 2.74. The summed E-state index contributed by atoms with van der Waals surface area (Å²) in [5.74, 6) is -0.253. The van der Waals surface area contributed by atoms with E-state index in [1.54, 1.807) is 12.1 Å². The highest BCUT2D eigenvalue weighted by Gasteiger charge is 2.28. The van der Waals surface area contributed by atoms with Crippen molar-refractivity contribution in [2.24, 2.45) is 0 Å². The molecule has 94 valence electrons. The predicted molar refractivity (Wildman–Crippen MR) is 83.7 cm³/mol. The molecule has 0 bridgehead atoms. The molecular formula is C15H10INO2. The van der Waals surface area contributed by atoms with Gasteiger partial charge in [-0.25, -0.2) is 0 Å². The highest BCUT2D eigenvalue weighted by atomic mass is 127. The summed E-state index contributed by atoms with van der Waals surface area (Å²) >= 11 is 2.19. The molecular weight excluding hydrogens is 353 g/mol. The quantitative estimate of drug-likeness (QED) is 0.462. The molecule has 0 radical (unpaired) electrons. The van der Waals surface area contributed by atoms with Crippen molar-refractivity contribution in [1.29, 1.82) is 0 Å². The molecule has 0 aliphatic carbocycles. The van der Waals surface area contributed by atoms with Crippen molar-refractivity contribution in [3.05, 3.63) is 63.2 Å². The normalized spacial score (nSPS) is 15.9. The van der Waals surface area contributed by atoms with Crippen molar-refractivity contribution in [1.82, 2.24) is 0 Å². The maximum Gasteiger partial charge on any atom is 0.260 e. The molecule has 1 aliphatic rings. The van der Waals surface area contributed by atoms with Gasteiger partial charge >= 0.3 is 0 Å². The third-order valence-corrected chi connectivity index (χ3v) is 3.68. The second kappa shape index (κ2) is 4.70. The third-order valence-electron chi connectivity index (χ3n) is 3.01. The van der Waals surface area contributed by atoms with Crippen LogP contribution in [0.25, 0.3) is 11.3 Å². The van der Waals surface area contributed by atoms with Crippen LogP contribution in [-0.2, 0) is 4.79 Å². The molecule has 19 heavy (non-hydrogen) atoms. The zero-order valence-corrected chi connectivity index (χ0v) is 12.0. The molecule has 0 unspecified atom stereocenters. The number of carbonyl (C=O) groups excluding carboxylic acids is 1. The number of aliphatic hydroxyl groups is 1. The number of benzene rings is 2. The number of fused-ring (bicyclic) bond motifs is 1. The summed E-state index contributed by atoms with van der Waals surface area (Å²) in [6.07, 6.45) is 0. The van der Waals surface area contributed by atoms with Gasteiger partial charge in [0.2, 0.25) is 0 Å². The average molecular weight is 363 g/mol. The van der Waals surface area contributed by atoms with E-state index in [9.17, 15) is 9.90 Å². The number of hydrogen-bond acceptors (Lipinski definition) is 2. The highest BCUT2D eigenvalue weighted by molar-refractivity contribution is 14.1. The SMILES string of the molecule is O=C1Nc2cc(I)ccc2/C1=C(\O)c1ccccc1. The monoisotopic (exact) mass is 363 g/mol. The van der Waals surface area contributed by atoms with Crippen molar-refractivity contribution in [2.45, 2.75) is 0 Å². The smallest absolute Gasteiger partial charge is 0.260 e. The number of aliphatic hydroxyl groups excluding tert-OH is 1. The Bertz CT molecular complexity index is 693. The fourth-order valence-corrected chi connectivity index (χ4v) is 2.61. The Morgan fingerprint density at radius 3 is 2.58 bits per heavy atom. The minimum Gasteiger partial charge on any atom is -0.506 e. The van der Waals surface area contributed by atoms with Gasteiger partial charge in [-0.2, -0.15) is 0 Å². The van der Waals surface area contributed by atoms with E-state index in [1.807, 2.05) is 36.4 Å². The fraction of sp³-hybridized carbons (Fsp3) is 0. The Balaban J connectivity index is 2.19. The maximum atomic E-state index is 12.0. The number of rotatable bonds is 1. The van der Waals surface area contributed by atoms with Crippen LogP contribution in [0.4, 0.5) is 5.69 Å². The lowest BCUT2D eigenvalue weighted by atomic mass is 10.0. The van der Waals surface area contributed by atoms with Gasteiger partial charge in [-0.05, 0) is 34.7 Å². The number of halogens is 1. The Morgan fingerprint density at radius 1 is 1.11 bits per heavy atom. The van der Waals surface area contributed by atoms with Crippen LogP contribution in [0.1, 0.15) is 11.1 Å². The zero-order chi connectivity index (χ0) is 13.4. The molecule has 1 amide bonds. The van der Waals surface area contributed by atoms with Crippen molar-refractivity contribution in [2.75, 3.05) is 5.32 Å². The standard InChI is InChI=1S/C15H10INO2/c16-10-6-7-11-12(8-10)17-15(19)13(11)14(18)9-4-2-1-3-5-9/h1-8,18H,(H,17,19)/b14-13+. The summed E-state index contributed by atoms with van der Waals surface area (Å²) in [5, 5.41) is 13.1. The maximum absolute atomic E-state index is 12.0. The van der Waals surface area contributed by atoms with Gasteiger partial charge in [-0.3, -0.25) is 4.79 Å². The molecule has 3 nitrogen and oxygen atoms in total. The topological polar surface area (TPSA) is 49.3 Å². The van der Waals surface area contributed by atoms with Gasteiger partial charge in [-0.15, -0.1) is 0 Å². The van der Waals surface area contributed by atoms with Gasteiger partial charge in [0.1, 0.15) is 5.76 Å². The molecule has 0 fully saturated rings. The Morgan fingerprint density at radius 2 is 1.84 bits per heavy atom. The summed E-state index contributed by atoms with van der Waals surface area (Å²) in [6.45, 7) is 0. The lowest BCUT2D eigenvalue weighted by molar-refractivity contribution is -0.110. The highest BCUT2D eigenvalue weighted by Crippen LogP contribution is 2.36. The largest absolute Gasteiger partial charge is 0.506 e. The van der Waals surface area contributed by atoms with E-state index < -0.39 is 0 Å². The zero-order valence-electron chi connectivity index (χ0n) is 9.85. The molecule has 2 aromatic carbocycles. The number of amides is 1. The molecule has 3 rings (SSSR count). The lowest BCUT2D eigenvalue weighted by Gasteiger charge is -2.04. The molecule has 1 heterocycles. The first-order chi connectivity index (χ1) is 9.16. The summed E-state index contributed by atoms with van der Waals surface area (Å²) in [5.41, 5.74) is 2.46. The molecule has 0 saturated heterocycles. The molecule has 4 heteroatoms. The molecule has 0 spiro atoms. The van der Waals surface area contributed by atoms with Gasteiger partial charge in [0.25, 0.3) is 5.91 Å². The van der Waals surface area contributed by atoms with E-state index in [4.69, 9.17) is 0 Å². The number of nitrogens with one attached hydrogen (secondary N) is 1. The number of carbonyl (C=O) groups is 1. The van der Waals surface area contributed by atoms with Crippen molar-refractivity contribution in [3.8, 4) is 0 Å². The summed E-state index contributed by atoms with van der Waals surface area (Å²) in [6, 6.07) is 14.7. The minimum absolute atomic E-state index is 0.0121. The summed E-state index contributed by atoms with van der Waals surface area (Å²) in [4.78, 5) is 12.0. The van der Waals surface area contributed by atoms with E-state index in [0.29, 0.717) is 11.1 Å². The predicted octanol–water partition coefficient (Wildman–Crippen LogP) is 3.67. The number of hydrogen-bond donors (Lipinski definition) is 2. The molecule has 1 aliphatic heterocycles. The first-order valence-corrected chi connectivity index (χ1v) is 6.84. The van der Waals surface area contributed by atoms with Crippen molar-refractivity contribution < 1.29 is 9.90 Å². The Kier molecular flexibility index (Phi) is 3.02.